The van der Waals surface area contributed by atoms with E-state index in [-0.39, 0.29) is 11.1 Å². The summed E-state index contributed by atoms with van der Waals surface area (Å²) in [6.45, 7) is 1.75. The second kappa shape index (κ2) is 5.31. The molecule has 0 saturated heterocycles. The fourth-order valence-corrected chi connectivity index (χ4v) is 3.06. The molecular formula is C16H18N2O3. The van der Waals surface area contributed by atoms with E-state index >= 15 is 0 Å². The van der Waals surface area contributed by atoms with Crippen molar-refractivity contribution in [1.29, 1.82) is 0 Å². The van der Waals surface area contributed by atoms with Crippen molar-refractivity contribution in [3.8, 4) is 0 Å². The second-order valence-electron chi connectivity index (χ2n) is 5.64. The van der Waals surface area contributed by atoms with Crippen LogP contribution < -0.4 is 5.56 Å². The van der Waals surface area contributed by atoms with Crippen molar-refractivity contribution in [3.05, 3.63) is 45.0 Å². The summed E-state index contributed by atoms with van der Waals surface area (Å²) in [5.74, 6) is -0.999. The van der Waals surface area contributed by atoms with Gasteiger partial charge in [-0.1, -0.05) is 12.8 Å². The average molecular weight is 286 g/mol. The lowest BCUT2D eigenvalue weighted by Crippen LogP contribution is -2.25. The van der Waals surface area contributed by atoms with Crippen LogP contribution in [0.3, 0.4) is 0 Å². The molecule has 0 bridgehead atoms. The van der Waals surface area contributed by atoms with E-state index in [1.54, 1.807) is 6.92 Å². The third kappa shape index (κ3) is 2.44. The Kier molecular flexibility index (Phi) is 3.49. The van der Waals surface area contributed by atoms with Crippen LogP contribution in [0.15, 0.2) is 16.9 Å². The lowest BCUT2D eigenvalue weighted by atomic mass is 9.98. The minimum atomic E-state index is -0.999. The van der Waals surface area contributed by atoms with Crippen molar-refractivity contribution >= 4 is 11.6 Å². The van der Waals surface area contributed by atoms with Gasteiger partial charge in [0.15, 0.2) is 0 Å². The highest BCUT2D eigenvalue weighted by molar-refractivity contribution is 5.88. The smallest absolute Gasteiger partial charge is 0.335 e. The summed E-state index contributed by atoms with van der Waals surface area (Å²) in [6, 6.07) is 3.00. The molecule has 1 aliphatic rings. The van der Waals surface area contributed by atoms with E-state index in [0.717, 1.165) is 49.8 Å². The zero-order valence-corrected chi connectivity index (χ0v) is 12.1. The molecule has 0 fully saturated rings. The lowest BCUT2D eigenvalue weighted by Gasteiger charge is -2.15. The number of aryl methyl sites for hydroxylation is 2. The Morgan fingerprint density at radius 3 is 2.62 bits per heavy atom. The van der Waals surface area contributed by atoms with Crippen LogP contribution in [0.2, 0.25) is 0 Å². The largest absolute Gasteiger partial charge is 0.478 e. The van der Waals surface area contributed by atoms with E-state index in [1.165, 1.54) is 16.5 Å². The Hall–Kier alpha value is -2.17. The molecule has 0 saturated carbocycles. The molecule has 5 nitrogen and oxygen atoms in total. The number of aromatic nitrogens is 2. The molecule has 2 heterocycles. The molecule has 1 N–H and O–H groups in total. The number of carboxylic acid groups (broad SMARTS) is 1. The van der Waals surface area contributed by atoms with Crippen molar-refractivity contribution in [2.24, 2.45) is 0 Å². The summed E-state index contributed by atoms with van der Waals surface area (Å²) in [4.78, 5) is 28.5. The highest BCUT2D eigenvalue weighted by Crippen LogP contribution is 2.18. The highest BCUT2D eigenvalue weighted by Gasteiger charge is 2.17. The first-order valence-electron chi connectivity index (χ1n) is 7.36. The number of hydrogen-bond donors (Lipinski definition) is 1. The summed E-state index contributed by atoms with van der Waals surface area (Å²) in [7, 11) is 0. The quantitative estimate of drug-likeness (QED) is 0.873. The van der Waals surface area contributed by atoms with Crippen molar-refractivity contribution in [2.75, 3.05) is 0 Å². The normalized spacial score (nSPS) is 15.3. The van der Waals surface area contributed by atoms with Gasteiger partial charge in [0.05, 0.1) is 11.3 Å². The Morgan fingerprint density at radius 2 is 1.90 bits per heavy atom. The minimum Gasteiger partial charge on any atom is -0.478 e. The van der Waals surface area contributed by atoms with Gasteiger partial charge in [0, 0.05) is 11.3 Å². The predicted octanol–water partition coefficient (Wildman–Crippen LogP) is 2.36. The number of rotatable bonds is 1. The zero-order valence-electron chi connectivity index (χ0n) is 12.1. The summed E-state index contributed by atoms with van der Waals surface area (Å²) >= 11 is 0. The van der Waals surface area contributed by atoms with E-state index < -0.39 is 5.97 Å². The molecule has 0 aromatic carbocycles. The van der Waals surface area contributed by atoms with Gasteiger partial charge in [-0.25, -0.2) is 9.78 Å². The molecule has 2 aromatic heterocycles. The maximum absolute atomic E-state index is 12.7. The lowest BCUT2D eigenvalue weighted by molar-refractivity contribution is 0.0696. The van der Waals surface area contributed by atoms with Crippen LogP contribution in [0, 0.1) is 6.92 Å². The molecule has 0 spiro atoms. The number of carboxylic acids is 1. The van der Waals surface area contributed by atoms with Gasteiger partial charge in [-0.05, 0) is 44.7 Å². The number of aromatic carboxylic acids is 1. The first-order valence-corrected chi connectivity index (χ1v) is 7.36. The Bertz CT molecular complexity index is 777. The molecule has 5 heteroatoms. The van der Waals surface area contributed by atoms with Gasteiger partial charge in [-0.3, -0.25) is 9.20 Å². The SMILES string of the molecule is Cc1cc(C(=O)O)cc2nc3c(c(=O)n12)CCCCCC3. The molecule has 0 amide bonds. The van der Waals surface area contributed by atoms with E-state index in [4.69, 9.17) is 5.11 Å². The van der Waals surface area contributed by atoms with Gasteiger partial charge < -0.3 is 5.11 Å². The van der Waals surface area contributed by atoms with Crippen LogP contribution in [-0.4, -0.2) is 20.5 Å². The summed E-state index contributed by atoms with van der Waals surface area (Å²) < 4.78 is 1.53. The Morgan fingerprint density at radius 1 is 1.19 bits per heavy atom. The molecule has 3 rings (SSSR count). The molecule has 110 valence electrons. The van der Waals surface area contributed by atoms with Gasteiger partial charge in [0.2, 0.25) is 0 Å². The molecule has 21 heavy (non-hydrogen) atoms. The van der Waals surface area contributed by atoms with E-state index in [2.05, 4.69) is 4.98 Å². The molecule has 0 unspecified atom stereocenters. The summed E-state index contributed by atoms with van der Waals surface area (Å²) in [6.07, 6.45) is 5.93. The molecule has 0 radical (unpaired) electrons. The maximum atomic E-state index is 12.7. The molecule has 1 aliphatic carbocycles. The average Bonchev–Trinajstić information content (AvgIpc) is 2.40. The maximum Gasteiger partial charge on any atom is 0.335 e. The van der Waals surface area contributed by atoms with Crippen LogP contribution in [0.25, 0.3) is 5.65 Å². The summed E-state index contributed by atoms with van der Waals surface area (Å²) in [5, 5.41) is 9.14. The third-order valence-electron chi connectivity index (χ3n) is 4.13. The van der Waals surface area contributed by atoms with Gasteiger partial charge in [0.1, 0.15) is 5.65 Å². The first-order chi connectivity index (χ1) is 10.1. The Balaban J connectivity index is 2.30. The number of carbonyl (C=O) groups is 1. The molecule has 0 atom stereocenters. The zero-order chi connectivity index (χ0) is 15.0. The number of fused-ring (bicyclic) bond motifs is 2. The van der Waals surface area contributed by atoms with Crippen molar-refractivity contribution < 1.29 is 9.90 Å². The van der Waals surface area contributed by atoms with E-state index in [9.17, 15) is 9.59 Å². The van der Waals surface area contributed by atoms with Crippen LogP contribution in [0.1, 0.15) is 53.0 Å². The van der Waals surface area contributed by atoms with Crippen molar-refractivity contribution in [2.45, 2.75) is 45.4 Å². The fourth-order valence-electron chi connectivity index (χ4n) is 3.06. The van der Waals surface area contributed by atoms with E-state index in [0.29, 0.717) is 11.3 Å². The van der Waals surface area contributed by atoms with Crippen LogP contribution in [0.5, 0.6) is 0 Å². The van der Waals surface area contributed by atoms with Gasteiger partial charge in [-0.15, -0.1) is 0 Å². The van der Waals surface area contributed by atoms with Gasteiger partial charge >= 0.3 is 5.97 Å². The standard InChI is InChI=1S/C16H18N2O3/c1-10-8-11(16(20)21)9-14-17-13-7-5-3-2-4-6-12(13)15(19)18(10)14/h8-9H,2-7H2,1H3,(H,20,21). The molecular weight excluding hydrogens is 268 g/mol. The van der Waals surface area contributed by atoms with Gasteiger partial charge in [0.25, 0.3) is 5.56 Å². The van der Waals surface area contributed by atoms with E-state index in [1.807, 2.05) is 0 Å². The summed E-state index contributed by atoms with van der Waals surface area (Å²) in [5.41, 5.74) is 2.85. The Labute approximate surface area is 122 Å². The van der Waals surface area contributed by atoms with Crippen molar-refractivity contribution in [1.82, 2.24) is 9.38 Å². The topological polar surface area (TPSA) is 71.7 Å². The minimum absolute atomic E-state index is 0.0358. The monoisotopic (exact) mass is 286 g/mol. The number of hydrogen-bond acceptors (Lipinski definition) is 3. The fraction of sp³-hybridized carbons (Fsp3) is 0.438. The van der Waals surface area contributed by atoms with Crippen molar-refractivity contribution in [3.63, 3.8) is 0 Å². The highest BCUT2D eigenvalue weighted by atomic mass is 16.4. The first kappa shape index (κ1) is 13.8. The molecule has 0 aliphatic heterocycles. The van der Waals surface area contributed by atoms with Crippen LogP contribution in [0.4, 0.5) is 0 Å². The number of nitrogens with zero attached hydrogens (tertiary/aromatic N) is 2. The number of pyridine rings is 1. The predicted molar refractivity (Wildman–Crippen MR) is 79.0 cm³/mol. The second-order valence-corrected chi connectivity index (χ2v) is 5.64. The molecule has 2 aromatic rings. The van der Waals surface area contributed by atoms with Crippen LogP contribution in [-0.2, 0) is 12.8 Å². The third-order valence-corrected chi connectivity index (χ3v) is 4.13. The van der Waals surface area contributed by atoms with Crippen LogP contribution >= 0.6 is 0 Å². The van der Waals surface area contributed by atoms with Gasteiger partial charge in [-0.2, -0.15) is 0 Å².